The van der Waals surface area contributed by atoms with Crippen molar-refractivity contribution < 1.29 is 0 Å². The van der Waals surface area contributed by atoms with Gasteiger partial charge in [0.15, 0.2) is 5.82 Å². The Kier molecular flexibility index (Phi) is 3.45. The van der Waals surface area contributed by atoms with Gasteiger partial charge in [-0.1, -0.05) is 25.0 Å². The Balaban J connectivity index is 1.80. The van der Waals surface area contributed by atoms with Gasteiger partial charge in [-0.2, -0.15) is 4.68 Å². The van der Waals surface area contributed by atoms with Crippen LogP contribution < -0.4 is 0 Å². The summed E-state index contributed by atoms with van der Waals surface area (Å²) in [7, 11) is 0. The predicted octanol–water partition coefficient (Wildman–Crippen LogP) is 2.84. The molecule has 1 saturated heterocycles. The van der Waals surface area contributed by atoms with Crippen molar-refractivity contribution in [1.82, 2.24) is 25.1 Å². The molecule has 0 N–H and O–H groups in total. The van der Waals surface area contributed by atoms with Crippen molar-refractivity contribution in [3.8, 4) is 5.69 Å². The van der Waals surface area contributed by atoms with Crippen LogP contribution in [-0.4, -0.2) is 38.2 Å². The number of aromatic nitrogens is 4. The van der Waals surface area contributed by atoms with Crippen molar-refractivity contribution in [3.63, 3.8) is 0 Å². The lowest BCUT2D eigenvalue weighted by Gasteiger charge is -2.37. The Morgan fingerprint density at radius 2 is 1.82 bits per heavy atom. The molecule has 116 valence electrons. The average Bonchev–Trinajstić information content (AvgIpc) is 3.27. The van der Waals surface area contributed by atoms with Gasteiger partial charge in [-0.3, -0.25) is 4.90 Å². The van der Waals surface area contributed by atoms with Crippen LogP contribution in [0.2, 0.25) is 0 Å². The van der Waals surface area contributed by atoms with Crippen molar-refractivity contribution >= 4 is 0 Å². The van der Waals surface area contributed by atoms with Gasteiger partial charge in [0.05, 0.1) is 11.2 Å². The Bertz CT molecular complexity index is 651. The fraction of sp³-hybridized carbons (Fsp3) is 0.588. The molecule has 2 aliphatic rings. The monoisotopic (exact) mass is 297 g/mol. The molecule has 0 atom stereocenters. The second-order valence-corrected chi connectivity index (χ2v) is 6.69. The molecule has 1 aliphatic carbocycles. The van der Waals surface area contributed by atoms with Crippen LogP contribution in [0.1, 0.15) is 49.9 Å². The van der Waals surface area contributed by atoms with E-state index < -0.39 is 0 Å². The second-order valence-electron chi connectivity index (χ2n) is 6.69. The molecule has 1 aliphatic heterocycles. The standard InChI is InChI=1S/C17H23N5/c1-14-7-6-8-15(13-14)22-16(18-19-20-22)17(9-2-3-10-17)21-11-4-5-12-21/h6-8,13H,2-5,9-12H2,1H3. The van der Waals surface area contributed by atoms with E-state index in [1.54, 1.807) is 0 Å². The highest BCUT2D eigenvalue weighted by atomic mass is 15.6. The van der Waals surface area contributed by atoms with Crippen LogP contribution >= 0.6 is 0 Å². The summed E-state index contributed by atoms with van der Waals surface area (Å²) in [5, 5.41) is 12.8. The lowest BCUT2D eigenvalue weighted by atomic mass is 9.94. The van der Waals surface area contributed by atoms with E-state index in [-0.39, 0.29) is 5.54 Å². The van der Waals surface area contributed by atoms with Gasteiger partial charge in [-0.05, 0) is 73.8 Å². The van der Waals surface area contributed by atoms with Crippen molar-refractivity contribution in [1.29, 1.82) is 0 Å². The molecule has 5 nitrogen and oxygen atoms in total. The Morgan fingerprint density at radius 1 is 1.05 bits per heavy atom. The lowest BCUT2D eigenvalue weighted by Crippen LogP contribution is -2.44. The third-order valence-corrected chi connectivity index (χ3v) is 5.27. The Hall–Kier alpha value is -1.75. The molecule has 2 aromatic rings. The van der Waals surface area contributed by atoms with E-state index >= 15 is 0 Å². The highest BCUT2D eigenvalue weighted by molar-refractivity contribution is 5.36. The molecule has 0 spiro atoms. The molecule has 0 radical (unpaired) electrons. The summed E-state index contributed by atoms with van der Waals surface area (Å²) in [5.74, 6) is 1.04. The number of likely N-dealkylation sites (tertiary alicyclic amines) is 1. The first kappa shape index (κ1) is 13.9. The van der Waals surface area contributed by atoms with E-state index in [0.717, 1.165) is 11.5 Å². The summed E-state index contributed by atoms with van der Waals surface area (Å²) in [6.07, 6.45) is 7.51. The first-order valence-electron chi connectivity index (χ1n) is 8.41. The SMILES string of the molecule is Cc1cccc(-n2nnnc2C2(N3CCCC3)CCCC2)c1. The van der Waals surface area contributed by atoms with E-state index in [1.807, 2.05) is 4.68 Å². The smallest absolute Gasteiger partial charge is 0.176 e. The number of tetrazole rings is 1. The predicted molar refractivity (Wildman–Crippen MR) is 84.8 cm³/mol. The summed E-state index contributed by atoms with van der Waals surface area (Å²) >= 11 is 0. The lowest BCUT2D eigenvalue weighted by molar-refractivity contribution is 0.109. The minimum Gasteiger partial charge on any atom is -0.291 e. The minimum absolute atomic E-state index is 0.0454. The van der Waals surface area contributed by atoms with Crippen molar-refractivity contribution in [2.45, 2.75) is 51.0 Å². The summed E-state index contributed by atoms with van der Waals surface area (Å²) < 4.78 is 1.97. The Labute approximate surface area is 131 Å². The summed E-state index contributed by atoms with van der Waals surface area (Å²) in [5.41, 5.74) is 2.36. The zero-order chi connectivity index (χ0) is 15.0. The first-order chi connectivity index (χ1) is 10.8. The molecule has 2 fully saturated rings. The van der Waals surface area contributed by atoms with E-state index in [4.69, 9.17) is 0 Å². The van der Waals surface area contributed by atoms with Crippen LogP contribution in [-0.2, 0) is 5.54 Å². The fourth-order valence-electron chi connectivity index (χ4n) is 4.20. The van der Waals surface area contributed by atoms with Gasteiger partial charge in [0.1, 0.15) is 0 Å². The van der Waals surface area contributed by atoms with E-state index in [9.17, 15) is 0 Å². The number of benzene rings is 1. The third-order valence-electron chi connectivity index (χ3n) is 5.27. The second kappa shape index (κ2) is 5.47. The van der Waals surface area contributed by atoms with E-state index in [0.29, 0.717) is 0 Å². The maximum Gasteiger partial charge on any atom is 0.176 e. The quantitative estimate of drug-likeness (QED) is 0.874. The van der Waals surface area contributed by atoms with Gasteiger partial charge < -0.3 is 0 Å². The van der Waals surface area contributed by atoms with Crippen LogP contribution in [0.15, 0.2) is 24.3 Å². The highest BCUT2D eigenvalue weighted by Crippen LogP contribution is 2.44. The summed E-state index contributed by atoms with van der Waals surface area (Å²) in [6.45, 7) is 4.47. The number of aryl methyl sites for hydroxylation is 1. The van der Waals surface area contributed by atoms with Crippen molar-refractivity contribution in [2.75, 3.05) is 13.1 Å². The van der Waals surface area contributed by atoms with E-state index in [1.165, 1.54) is 57.2 Å². The third kappa shape index (κ3) is 2.15. The normalized spacial score (nSPS) is 21.5. The van der Waals surface area contributed by atoms with Gasteiger partial charge in [0, 0.05) is 0 Å². The van der Waals surface area contributed by atoms with Crippen LogP contribution in [0.4, 0.5) is 0 Å². The minimum atomic E-state index is 0.0454. The molecule has 2 heterocycles. The van der Waals surface area contributed by atoms with Gasteiger partial charge >= 0.3 is 0 Å². The van der Waals surface area contributed by atoms with E-state index in [2.05, 4.69) is 51.6 Å². The van der Waals surface area contributed by atoms with Gasteiger partial charge in [0.25, 0.3) is 0 Å². The maximum atomic E-state index is 4.48. The van der Waals surface area contributed by atoms with Gasteiger partial charge in [0.2, 0.25) is 0 Å². The zero-order valence-electron chi connectivity index (χ0n) is 13.2. The molecular weight excluding hydrogens is 274 g/mol. The maximum absolute atomic E-state index is 4.48. The van der Waals surface area contributed by atoms with Crippen LogP contribution in [0, 0.1) is 6.92 Å². The molecule has 22 heavy (non-hydrogen) atoms. The number of rotatable bonds is 3. The number of hydrogen-bond acceptors (Lipinski definition) is 4. The molecule has 5 heteroatoms. The summed E-state index contributed by atoms with van der Waals surface area (Å²) in [6, 6.07) is 8.44. The fourth-order valence-corrected chi connectivity index (χ4v) is 4.20. The molecule has 1 aromatic carbocycles. The van der Waals surface area contributed by atoms with Crippen molar-refractivity contribution in [3.05, 3.63) is 35.7 Å². The zero-order valence-corrected chi connectivity index (χ0v) is 13.2. The number of hydrogen-bond donors (Lipinski definition) is 0. The average molecular weight is 297 g/mol. The largest absolute Gasteiger partial charge is 0.291 e. The topological polar surface area (TPSA) is 46.8 Å². The van der Waals surface area contributed by atoms with Crippen LogP contribution in [0.3, 0.4) is 0 Å². The molecule has 0 unspecified atom stereocenters. The highest BCUT2D eigenvalue weighted by Gasteiger charge is 2.46. The summed E-state index contributed by atoms with van der Waals surface area (Å²) in [4.78, 5) is 2.64. The molecule has 0 bridgehead atoms. The van der Waals surface area contributed by atoms with Crippen LogP contribution in [0.25, 0.3) is 5.69 Å². The molecule has 1 saturated carbocycles. The van der Waals surface area contributed by atoms with Gasteiger partial charge in [-0.15, -0.1) is 5.10 Å². The first-order valence-corrected chi connectivity index (χ1v) is 8.41. The van der Waals surface area contributed by atoms with Crippen LogP contribution in [0.5, 0.6) is 0 Å². The van der Waals surface area contributed by atoms with Crippen molar-refractivity contribution in [2.24, 2.45) is 0 Å². The molecule has 4 rings (SSSR count). The molecular formula is C17H23N5. The number of nitrogens with zero attached hydrogens (tertiary/aromatic N) is 5. The molecule has 1 aromatic heterocycles. The Morgan fingerprint density at radius 3 is 2.55 bits per heavy atom. The van der Waals surface area contributed by atoms with Gasteiger partial charge in [-0.25, -0.2) is 0 Å². The molecule has 0 amide bonds.